The van der Waals surface area contributed by atoms with E-state index in [1.165, 1.54) is 18.2 Å². The molecule has 1 N–H and O–H groups in total. The van der Waals surface area contributed by atoms with Crippen molar-refractivity contribution in [3.8, 4) is 0 Å². The van der Waals surface area contributed by atoms with Gasteiger partial charge in [-0.15, -0.1) is 0 Å². The Balaban J connectivity index is 1.84. The van der Waals surface area contributed by atoms with Gasteiger partial charge in [-0.1, -0.05) is 0 Å². The van der Waals surface area contributed by atoms with Gasteiger partial charge in [-0.05, 0) is 31.5 Å². The summed E-state index contributed by atoms with van der Waals surface area (Å²) in [7, 11) is -1.31. The van der Waals surface area contributed by atoms with Crippen LogP contribution >= 0.6 is 0 Å². The first-order valence-corrected chi connectivity index (χ1v) is 7.59. The van der Waals surface area contributed by atoms with Crippen LogP contribution in [0.25, 0.3) is 11.1 Å². The number of oxazole rings is 1. The normalized spacial score (nSPS) is 20.3. The van der Waals surface area contributed by atoms with Crippen LogP contribution in [0.4, 0.5) is 5.69 Å². The second-order valence-electron chi connectivity index (χ2n) is 4.76. The highest BCUT2D eigenvalue weighted by molar-refractivity contribution is 7.84. The van der Waals surface area contributed by atoms with Crippen LogP contribution in [0.15, 0.2) is 27.8 Å². The molecule has 0 aliphatic carbocycles. The standard InChI is InChI=1S/C12H13N3O4S/c16-15(17)9-1-2-11-10(5-9)14-12(19-11)20(18)7-8-3-4-13-6-8/h1-2,5,8,13H,3-4,6-7H2/t8-,20-/m0/s1. The lowest BCUT2D eigenvalue weighted by molar-refractivity contribution is -0.384. The van der Waals surface area contributed by atoms with Crippen LogP contribution < -0.4 is 5.32 Å². The third-order valence-corrected chi connectivity index (χ3v) is 4.64. The fourth-order valence-corrected chi connectivity index (χ4v) is 3.49. The fraction of sp³-hybridized carbons (Fsp3) is 0.417. The zero-order valence-electron chi connectivity index (χ0n) is 10.6. The summed E-state index contributed by atoms with van der Waals surface area (Å²) in [5.74, 6) is 0.863. The van der Waals surface area contributed by atoms with Crippen LogP contribution in [0.5, 0.6) is 0 Å². The van der Waals surface area contributed by atoms with Crippen molar-refractivity contribution in [2.75, 3.05) is 18.8 Å². The maximum absolute atomic E-state index is 12.2. The largest absolute Gasteiger partial charge is 0.430 e. The van der Waals surface area contributed by atoms with E-state index in [0.717, 1.165) is 19.5 Å². The molecule has 0 spiro atoms. The maximum atomic E-state index is 12.2. The molecule has 0 saturated carbocycles. The monoisotopic (exact) mass is 295 g/mol. The molecule has 0 bridgehead atoms. The molecule has 7 nitrogen and oxygen atoms in total. The number of hydrogen-bond acceptors (Lipinski definition) is 6. The molecule has 8 heteroatoms. The molecule has 2 aromatic rings. The van der Waals surface area contributed by atoms with Gasteiger partial charge in [0.1, 0.15) is 16.3 Å². The number of fused-ring (bicyclic) bond motifs is 1. The fourth-order valence-electron chi connectivity index (χ4n) is 2.25. The Kier molecular flexibility index (Phi) is 3.49. The Bertz CT molecular complexity index is 678. The molecular formula is C12H13N3O4S. The zero-order valence-corrected chi connectivity index (χ0v) is 11.4. The molecule has 1 saturated heterocycles. The molecule has 20 heavy (non-hydrogen) atoms. The van der Waals surface area contributed by atoms with E-state index in [1.54, 1.807) is 0 Å². The molecule has 2 atom stereocenters. The topological polar surface area (TPSA) is 98.3 Å². The van der Waals surface area contributed by atoms with Gasteiger partial charge in [0, 0.05) is 17.9 Å². The highest BCUT2D eigenvalue weighted by Crippen LogP contribution is 2.23. The zero-order chi connectivity index (χ0) is 14.1. The number of nitro benzene ring substituents is 1. The van der Waals surface area contributed by atoms with Gasteiger partial charge in [0.15, 0.2) is 5.58 Å². The summed E-state index contributed by atoms with van der Waals surface area (Å²) in [5.41, 5.74) is 0.735. The summed E-state index contributed by atoms with van der Waals surface area (Å²) >= 11 is 0. The molecule has 1 aromatic carbocycles. The quantitative estimate of drug-likeness (QED) is 0.677. The SMILES string of the molecule is O=[N+]([O-])c1ccc2oc([S@@](=O)C[C@H]3CCNC3)nc2c1. The van der Waals surface area contributed by atoms with Crippen molar-refractivity contribution in [3.05, 3.63) is 28.3 Å². The Morgan fingerprint density at radius 1 is 1.55 bits per heavy atom. The lowest BCUT2D eigenvalue weighted by atomic mass is 10.2. The Labute approximate surface area is 117 Å². The second kappa shape index (κ2) is 5.29. The summed E-state index contributed by atoms with van der Waals surface area (Å²) in [6, 6.07) is 4.16. The van der Waals surface area contributed by atoms with Crippen LogP contribution in [-0.2, 0) is 10.8 Å². The predicted octanol–water partition coefficient (Wildman–Crippen LogP) is 1.45. The number of non-ortho nitro benzene ring substituents is 1. The summed E-state index contributed by atoms with van der Waals surface area (Å²) in [5, 5.41) is 14.1. The number of hydrogen-bond donors (Lipinski definition) is 1. The minimum absolute atomic E-state index is 0.0527. The molecule has 1 aliphatic rings. The first kappa shape index (κ1) is 13.2. The van der Waals surface area contributed by atoms with E-state index in [4.69, 9.17) is 4.42 Å². The van der Waals surface area contributed by atoms with Gasteiger partial charge in [0.05, 0.1) is 4.92 Å². The first-order chi connectivity index (χ1) is 9.63. The summed E-state index contributed by atoms with van der Waals surface area (Å²) < 4.78 is 17.6. The highest BCUT2D eigenvalue weighted by atomic mass is 32.2. The molecule has 3 rings (SSSR count). The summed E-state index contributed by atoms with van der Waals surface area (Å²) in [6.45, 7) is 1.80. The van der Waals surface area contributed by atoms with Gasteiger partial charge >= 0.3 is 0 Å². The van der Waals surface area contributed by atoms with Crippen LogP contribution in [0.2, 0.25) is 0 Å². The molecule has 1 aliphatic heterocycles. The molecular weight excluding hydrogens is 282 g/mol. The van der Waals surface area contributed by atoms with Crippen LogP contribution in [-0.4, -0.2) is 33.0 Å². The number of benzene rings is 1. The molecule has 0 amide bonds. The average Bonchev–Trinajstić information content (AvgIpc) is 3.05. The van der Waals surface area contributed by atoms with Gasteiger partial charge in [-0.25, -0.2) is 9.19 Å². The minimum Gasteiger partial charge on any atom is -0.430 e. The third-order valence-electron chi connectivity index (χ3n) is 3.31. The van der Waals surface area contributed by atoms with Crippen molar-refractivity contribution >= 4 is 27.6 Å². The van der Waals surface area contributed by atoms with E-state index in [9.17, 15) is 14.3 Å². The molecule has 1 fully saturated rings. The lowest BCUT2D eigenvalue weighted by Crippen LogP contribution is -2.15. The molecule has 106 valence electrons. The van der Waals surface area contributed by atoms with Crippen LogP contribution in [0.1, 0.15) is 6.42 Å². The highest BCUT2D eigenvalue weighted by Gasteiger charge is 2.21. The second-order valence-corrected chi connectivity index (χ2v) is 6.13. The molecule has 0 radical (unpaired) electrons. The van der Waals surface area contributed by atoms with Gasteiger partial charge in [0.2, 0.25) is 0 Å². The van der Waals surface area contributed by atoms with Gasteiger partial charge in [-0.3, -0.25) is 10.1 Å². The Morgan fingerprint density at radius 2 is 2.40 bits per heavy atom. The first-order valence-electron chi connectivity index (χ1n) is 6.27. The van der Waals surface area contributed by atoms with E-state index >= 15 is 0 Å². The minimum atomic E-state index is -1.31. The lowest BCUT2D eigenvalue weighted by Gasteiger charge is -2.04. The number of nitrogens with one attached hydrogen (secondary N) is 1. The molecule has 0 unspecified atom stereocenters. The number of aromatic nitrogens is 1. The average molecular weight is 295 g/mol. The van der Waals surface area contributed by atoms with Crippen molar-refractivity contribution in [3.63, 3.8) is 0 Å². The van der Waals surface area contributed by atoms with Crippen molar-refractivity contribution in [1.82, 2.24) is 10.3 Å². The van der Waals surface area contributed by atoms with Gasteiger partial charge in [0.25, 0.3) is 10.9 Å². The number of nitrogens with zero attached hydrogens (tertiary/aromatic N) is 2. The maximum Gasteiger partial charge on any atom is 0.287 e. The van der Waals surface area contributed by atoms with Crippen molar-refractivity contribution in [1.29, 1.82) is 0 Å². The van der Waals surface area contributed by atoms with E-state index in [2.05, 4.69) is 10.3 Å². The van der Waals surface area contributed by atoms with E-state index < -0.39 is 15.7 Å². The van der Waals surface area contributed by atoms with E-state index in [-0.39, 0.29) is 10.9 Å². The third kappa shape index (κ3) is 2.56. The van der Waals surface area contributed by atoms with Gasteiger partial charge in [-0.2, -0.15) is 0 Å². The van der Waals surface area contributed by atoms with E-state index in [0.29, 0.717) is 22.8 Å². The van der Waals surface area contributed by atoms with Crippen molar-refractivity contribution in [2.45, 2.75) is 11.6 Å². The van der Waals surface area contributed by atoms with Crippen LogP contribution in [0, 0.1) is 16.0 Å². The number of rotatable bonds is 4. The number of nitro groups is 1. The smallest absolute Gasteiger partial charge is 0.287 e. The van der Waals surface area contributed by atoms with E-state index in [1.807, 2.05) is 0 Å². The van der Waals surface area contributed by atoms with Gasteiger partial charge < -0.3 is 9.73 Å². The summed E-state index contributed by atoms with van der Waals surface area (Å²) in [4.78, 5) is 14.3. The predicted molar refractivity (Wildman–Crippen MR) is 72.9 cm³/mol. The Morgan fingerprint density at radius 3 is 3.10 bits per heavy atom. The molecule has 1 aromatic heterocycles. The van der Waals surface area contributed by atoms with Crippen molar-refractivity contribution in [2.24, 2.45) is 5.92 Å². The summed E-state index contributed by atoms with van der Waals surface area (Å²) in [6.07, 6.45) is 0.997. The molecule has 2 heterocycles. The van der Waals surface area contributed by atoms with Crippen molar-refractivity contribution < 1.29 is 13.5 Å². The Hall–Kier alpha value is -1.80. The van der Waals surface area contributed by atoms with Crippen LogP contribution in [0.3, 0.4) is 0 Å².